The van der Waals surface area contributed by atoms with E-state index in [0.29, 0.717) is 56.8 Å². The van der Waals surface area contributed by atoms with E-state index in [1.165, 1.54) is 6.08 Å². The fourth-order valence-electron chi connectivity index (χ4n) is 6.51. The van der Waals surface area contributed by atoms with E-state index >= 15 is 0 Å². The third-order valence-electron chi connectivity index (χ3n) is 8.77. The number of ether oxygens (including phenoxy) is 1. The SMILES string of the molecule is C=CC(=O)N1CCN(c2c(C#N)c(OCC3CCCN3C)nc3c2CCN(c2cc(N)cc4ccccc24)C3)CC1. The molecule has 2 N–H and O–H groups in total. The third kappa shape index (κ3) is 5.16. The van der Waals surface area contributed by atoms with Crippen LogP contribution in [-0.2, 0) is 17.8 Å². The predicted octanol–water partition coefficient (Wildman–Crippen LogP) is 3.56. The zero-order chi connectivity index (χ0) is 28.5. The number of amides is 1. The first-order valence-electron chi connectivity index (χ1n) is 14.4. The predicted molar refractivity (Wildman–Crippen MR) is 162 cm³/mol. The summed E-state index contributed by atoms with van der Waals surface area (Å²) in [5, 5.41) is 12.7. The maximum Gasteiger partial charge on any atom is 0.246 e. The molecule has 2 fully saturated rings. The molecule has 0 radical (unpaired) electrons. The fraction of sp³-hybridized carbons (Fsp3) is 0.406. The number of likely N-dealkylation sites (tertiary alicyclic amines) is 1. The van der Waals surface area contributed by atoms with Crippen LogP contribution in [0, 0.1) is 11.3 Å². The lowest BCUT2D eigenvalue weighted by atomic mass is 9.97. The van der Waals surface area contributed by atoms with Gasteiger partial charge in [0, 0.05) is 61.1 Å². The molecule has 41 heavy (non-hydrogen) atoms. The highest BCUT2D eigenvalue weighted by Crippen LogP contribution is 2.39. The van der Waals surface area contributed by atoms with Gasteiger partial charge < -0.3 is 30.1 Å². The van der Waals surface area contributed by atoms with Crippen LogP contribution in [-0.4, -0.2) is 79.7 Å². The van der Waals surface area contributed by atoms with Crippen molar-refractivity contribution in [2.45, 2.75) is 31.8 Å². The lowest BCUT2D eigenvalue weighted by Crippen LogP contribution is -2.49. The van der Waals surface area contributed by atoms with Crippen molar-refractivity contribution in [3.05, 3.63) is 65.9 Å². The molecule has 9 heteroatoms. The van der Waals surface area contributed by atoms with Crippen LogP contribution >= 0.6 is 0 Å². The number of carbonyl (C=O) groups excluding carboxylic acids is 1. The average molecular weight is 552 g/mol. The first-order chi connectivity index (χ1) is 20.0. The fourth-order valence-corrected chi connectivity index (χ4v) is 6.51. The number of nitrogens with zero attached hydrogens (tertiary/aromatic N) is 6. The highest BCUT2D eigenvalue weighted by Gasteiger charge is 2.32. The van der Waals surface area contributed by atoms with Gasteiger partial charge in [-0.2, -0.15) is 5.26 Å². The van der Waals surface area contributed by atoms with E-state index in [0.717, 1.165) is 71.4 Å². The lowest BCUT2D eigenvalue weighted by Gasteiger charge is -2.39. The second-order valence-electron chi connectivity index (χ2n) is 11.2. The van der Waals surface area contributed by atoms with Gasteiger partial charge in [0.2, 0.25) is 11.8 Å². The Labute approximate surface area is 241 Å². The number of pyridine rings is 1. The van der Waals surface area contributed by atoms with Gasteiger partial charge in [0.1, 0.15) is 18.2 Å². The molecule has 1 unspecified atom stereocenters. The van der Waals surface area contributed by atoms with Crippen molar-refractivity contribution in [1.82, 2.24) is 14.8 Å². The minimum Gasteiger partial charge on any atom is -0.475 e. The molecule has 6 rings (SSSR count). The van der Waals surface area contributed by atoms with E-state index in [2.05, 4.69) is 52.6 Å². The number of piperazine rings is 1. The van der Waals surface area contributed by atoms with E-state index in [1.807, 2.05) is 23.1 Å². The molecular weight excluding hydrogens is 514 g/mol. The molecule has 3 aromatic rings. The first kappa shape index (κ1) is 26.9. The van der Waals surface area contributed by atoms with Crippen molar-refractivity contribution in [1.29, 1.82) is 5.26 Å². The molecule has 1 atom stereocenters. The number of hydrogen-bond acceptors (Lipinski definition) is 8. The van der Waals surface area contributed by atoms with Crippen molar-refractivity contribution in [3.63, 3.8) is 0 Å². The summed E-state index contributed by atoms with van der Waals surface area (Å²) < 4.78 is 6.37. The van der Waals surface area contributed by atoms with Gasteiger partial charge in [0.05, 0.1) is 17.9 Å². The molecule has 9 nitrogen and oxygen atoms in total. The van der Waals surface area contributed by atoms with Gasteiger partial charge in [-0.15, -0.1) is 0 Å². The molecule has 1 amide bonds. The first-order valence-corrected chi connectivity index (χ1v) is 14.4. The number of aromatic nitrogens is 1. The van der Waals surface area contributed by atoms with Crippen LogP contribution in [0.3, 0.4) is 0 Å². The highest BCUT2D eigenvalue weighted by atomic mass is 16.5. The van der Waals surface area contributed by atoms with Gasteiger partial charge in [-0.05, 0) is 56.4 Å². The summed E-state index contributed by atoms with van der Waals surface area (Å²) in [6.45, 7) is 9.00. The maximum absolute atomic E-state index is 12.2. The van der Waals surface area contributed by atoms with Crippen molar-refractivity contribution >= 4 is 33.7 Å². The number of benzene rings is 2. The van der Waals surface area contributed by atoms with E-state index in [4.69, 9.17) is 15.5 Å². The van der Waals surface area contributed by atoms with Crippen LogP contribution < -0.4 is 20.3 Å². The van der Waals surface area contributed by atoms with Crippen LogP contribution in [0.15, 0.2) is 49.1 Å². The topological polar surface area (TPSA) is 102 Å². The number of carbonyl (C=O) groups is 1. The molecule has 0 spiro atoms. The summed E-state index contributed by atoms with van der Waals surface area (Å²) in [5.74, 6) is 0.349. The molecule has 0 aliphatic carbocycles. The zero-order valence-corrected chi connectivity index (χ0v) is 23.7. The number of fused-ring (bicyclic) bond motifs is 2. The Morgan fingerprint density at radius 1 is 1.17 bits per heavy atom. The van der Waals surface area contributed by atoms with Gasteiger partial charge in [0.15, 0.2) is 0 Å². The molecule has 0 bridgehead atoms. The molecule has 1 aromatic heterocycles. The van der Waals surface area contributed by atoms with Crippen molar-refractivity contribution in [3.8, 4) is 11.9 Å². The quantitative estimate of drug-likeness (QED) is 0.367. The molecule has 4 heterocycles. The maximum atomic E-state index is 12.2. The van der Waals surface area contributed by atoms with Crippen LogP contribution in [0.2, 0.25) is 0 Å². The van der Waals surface area contributed by atoms with E-state index in [1.54, 1.807) is 0 Å². The Bertz CT molecular complexity index is 1520. The summed E-state index contributed by atoms with van der Waals surface area (Å²) in [5.41, 5.74) is 11.6. The Morgan fingerprint density at radius 2 is 1.98 bits per heavy atom. The number of nitrogen functional groups attached to an aromatic ring is 1. The summed E-state index contributed by atoms with van der Waals surface area (Å²) >= 11 is 0. The largest absolute Gasteiger partial charge is 0.475 e. The highest BCUT2D eigenvalue weighted by molar-refractivity contribution is 5.97. The van der Waals surface area contributed by atoms with Crippen molar-refractivity contribution in [2.24, 2.45) is 0 Å². The average Bonchev–Trinajstić information content (AvgIpc) is 3.42. The second-order valence-corrected chi connectivity index (χ2v) is 11.2. The van der Waals surface area contributed by atoms with Gasteiger partial charge in [0.25, 0.3) is 0 Å². The standard InChI is InChI=1S/C32H37N7O2/c1-3-30(40)37-13-15-38(16-14-37)31-26-10-12-39(29-18-23(34)17-22-7-4-5-9-25(22)29)20-28(26)35-32(27(31)19-33)41-21-24-8-6-11-36(24)2/h3-5,7,9,17-18,24H,1,6,8,10-16,20-21,34H2,2H3. The second kappa shape index (κ2) is 11.3. The van der Waals surface area contributed by atoms with Gasteiger partial charge in [-0.3, -0.25) is 4.79 Å². The van der Waals surface area contributed by atoms with Crippen LogP contribution in [0.5, 0.6) is 5.88 Å². The van der Waals surface area contributed by atoms with Crippen LogP contribution in [0.1, 0.15) is 29.7 Å². The monoisotopic (exact) mass is 551 g/mol. The molecule has 212 valence electrons. The Morgan fingerprint density at radius 3 is 2.71 bits per heavy atom. The summed E-state index contributed by atoms with van der Waals surface area (Å²) in [7, 11) is 2.12. The number of hydrogen-bond donors (Lipinski definition) is 1. The van der Waals surface area contributed by atoms with E-state index in [9.17, 15) is 10.1 Å². The Hall–Kier alpha value is -4.29. The minimum atomic E-state index is -0.0587. The number of anilines is 3. The van der Waals surface area contributed by atoms with Gasteiger partial charge in [-0.1, -0.05) is 30.8 Å². The number of nitriles is 1. The van der Waals surface area contributed by atoms with Crippen LogP contribution in [0.25, 0.3) is 10.8 Å². The van der Waals surface area contributed by atoms with Crippen molar-refractivity contribution in [2.75, 3.05) is 68.5 Å². The van der Waals surface area contributed by atoms with E-state index in [-0.39, 0.29) is 5.91 Å². The van der Waals surface area contributed by atoms with Gasteiger partial charge in [-0.25, -0.2) is 4.98 Å². The molecular formula is C32H37N7O2. The zero-order valence-electron chi connectivity index (χ0n) is 23.7. The molecule has 2 aromatic carbocycles. The molecule has 0 saturated carbocycles. The lowest BCUT2D eigenvalue weighted by molar-refractivity contribution is -0.126. The number of rotatable bonds is 6. The molecule has 3 aliphatic heterocycles. The molecule has 2 saturated heterocycles. The minimum absolute atomic E-state index is 0.0587. The van der Waals surface area contributed by atoms with Crippen LogP contribution in [0.4, 0.5) is 17.1 Å². The summed E-state index contributed by atoms with van der Waals surface area (Å²) in [6.07, 6.45) is 4.33. The summed E-state index contributed by atoms with van der Waals surface area (Å²) in [4.78, 5) is 26.0. The third-order valence-corrected chi connectivity index (χ3v) is 8.77. The molecule has 3 aliphatic rings. The van der Waals surface area contributed by atoms with Crippen molar-refractivity contribution < 1.29 is 9.53 Å². The number of nitrogens with two attached hydrogens (primary N) is 1. The van der Waals surface area contributed by atoms with E-state index < -0.39 is 0 Å². The van der Waals surface area contributed by atoms with Gasteiger partial charge >= 0.3 is 0 Å². The smallest absolute Gasteiger partial charge is 0.246 e. The Kier molecular flexibility index (Phi) is 7.41. The summed E-state index contributed by atoms with van der Waals surface area (Å²) in [6, 6.07) is 15.1. The Balaban J connectivity index is 1.38. The normalized spacial score (nSPS) is 19.2. The number of likely N-dealkylation sites (N-methyl/N-ethyl adjacent to an activating group) is 1.